The molecule has 0 radical (unpaired) electrons. The number of carbonyl (C=O) groups excluding carboxylic acids is 1. The summed E-state index contributed by atoms with van der Waals surface area (Å²) in [5, 5.41) is 3.77. The zero-order chi connectivity index (χ0) is 13.2. The second kappa shape index (κ2) is 4.85. The summed E-state index contributed by atoms with van der Waals surface area (Å²) in [5.74, 6) is 0.349. The minimum Gasteiger partial charge on any atom is -0.361 e. The van der Waals surface area contributed by atoms with Crippen LogP contribution < -0.4 is 5.32 Å². The Kier molecular flexibility index (Phi) is 3.05. The van der Waals surface area contributed by atoms with Gasteiger partial charge in [-0.25, -0.2) is 4.98 Å². The number of hydrogen-bond donors (Lipinski definition) is 2. The smallest absolute Gasteiger partial charge is 0.256 e. The summed E-state index contributed by atoms with van der Waals surface area (Å²) in [7, 11) is 0. The first-order valence-electron chi connectivity index (χ1n) is 5.72. The van der Waals surface area contributed by atoms with Crippen molar-refractivity contribution in [1.82, 2.24) is 9.97 Å². The second-order valence-corrected chi connectivity index (χ2v) is 5.01. The Labute approximate surface area is 118 Å². The molecule has 5 heteroatoms. The molecule has 4 nitrogen and oxygen atoms in total. The minimum absolute atomic E-state index is 0.172. The zero-order valence-electron chi connectivity index (χ0n) is 9.85. The number of aromatic nitrogens is 2. The lowest BCUT2D eigenvalue weighted by Gasteiger charge is -2.04. The molecule has 0 aliphatic heterocycles. The van der Waals surface area contributed by atoms with Gasteiger partial charge in [0.25, 0.3) is 5.91 Å². The molecule has 0 atom stereocenters. The summed E-state index contributed by atoms with van der Waals surface area (Å²) in [4.78, 5) is 19.3. The van der Waals surface area contributed by atoms with Gasteiger partial charge in [-0.05, 0) is 36.4 Å². The standard InChI is InChI=1S/C14H10BrN3O/c15-11-4-6-17-13(8-11)18-14(19)10-1-2-12-9(7-10)3-5-16-12/h1-8,16H,(H,17,18,19). The molecule has 1 amide bonds. The van der Waals surface area contributed by atoms with Crippen LogP contribution in [-0.2, 0) is 0 Å². The normalized spacial score (nSPS) is 10.6. The maximum atomic E-state index is 12.1. The highest BCUT2D eigenvalue weighted by atomic mass is 79.9. The van der Waals surface area contributed by atoms with Crippen molar-refractivity contribution >= 4 is 38.6 Å². The largest absolute Gasteiger partial charge is 0.361 e. The fraction of sp³-hybridized carbons (Fsp3) is 0. The Hall–Kier alpha value is -2.14. The van der Waals surface area contributed by atoms with E-state index in [1.165, 1.54) is 0 Å². The highest BCUT2D eigenvalue weighted by Crippen LogP contribution is 2.17. The molecule has 0 aliphatic carbocycles. The van der Waals surface area contributed by atoms with Crippen molar-refractivity contribution in [2.45, 2.75) is 0 Å². The van der Waals surface area contributed by atoms with Crippen molar-refractivity contribution < 1.29 is 4.79 Å². The fourth-order valence-corrected chi connectivity index (χ4v) is 2.19. The Morgan fingerprint density at radius 2 is 2.11 bits per heavy atom. The monoisotopic (exact) mass is 315 g/mol. The van der Waals surface area contributed by atoms with Crippen LogP contribution in [-0.4, -0.2) is 15.9 Å². The average Bonchev–Trinajstić information content (AvgIpc) is 2.85. The van der Waals surface area contributed by atoms with Gasteiger partial charge in [0.15, 0.2) is 0 Å². The molecule has 0 fully saturated rings. The van der Waals surface area contributed by atoms with Crippen molar-refractivity contribution in [3.8, 4) is 0 Å². The van der Waals surface area contributed by atoms with Crippen molar-refractivity contribution in [2.75, 3.05) is 5.32 Å². The van der Waals surface area contributed by atoms with E-state index in [0.29, 0.717) is 11.4 Å². The quantitative estimate of drug-likeness (QED) is 0.759. The predicted molar refractivity (Wildman–Crippen MR) is 78.2 cm³/mol. The number of pyridine rings is 1. The Morgan fingerprint density at radius 1 is 1.21 bits per heavy atom. The number of hydrogen-bond acceptors (Lipinski definition) is 2. The van der Waals surface area contributed by atoms with E-state index in [0.717, 1.165) is 15.4 Å². The van der Waals surface area contributed by atoms with Crippen LogP contribution >= 0.6 is 15.9 Å². The van der Waals surface area contributed by atoms with Gasteiger partial charge in [0.05, 0.1) is 0 Å². The molecule has 0 saturated heterocycles. The van der Waals surface area contributed by atoms with Crippen LogP contribution in [0.15, 0.2) is 53.3 Å². The summed E-state index contributed by atoms with van der Waals surface area (Å²) in [6.07, 6.45) is 3.48. The first kappa shape index (κ1) is 11.9. The first-order chi connectivity index (χ1) is 9.22. The van der Waals surface area contributed by atoms with E-state index >= 15 is 0 Å². The summed E-state index contributed by atoms with van der Waals surface area (Å²) in [6.45, 7) is 0. The Balaban J connectivity index is 1.87. The molecule has 94 valence electrons. The zero-order valence-corrected chi connectivity index (χ0v) is 11.4. The van der Waals surface area contributed by atoms with Crippen molar-refractivity contribution in [3.63, 3.8) is 0 Å². The van der Waals surface area contributed by atoms with Crippen LogP contribution in [0.25, 0.3) is 10.9 Å². The van der Waals surface area contributed by atoms with Gasteiger partial charge in [-0.2, -0.15) is 0 Å². The lowest BCUT2D eigenvalue weighted by molar-refractivity contribution is 0.102. The fourth-order valence-electron chi connectivity index (χ4n) is 1.86. The molecule has 0 unspecified atom stereocenters. The van der Waals surface area contributed by atoms with Crippen LogP contribution in [0.3, 0.4) is 0 Å². The van der Waals surface area contributed by atoms with E-state index in [-0.39, 0.29) is 5.91 Å². The highest BCUT2D eigenvalue weighted by Gasteiger charge is 2.08. The number of carbonyl (C=O) groups is 1. The number of nitrogens with zero attached hydrogens (tertiary/aromatic N) is 1. The van der Waals surface area contributed by atoms with Crippen LogP contribution in [0.2, 0.25) is 0 Å². The molecule has 2 N–H and O–H groups in total. The maximum Gasteiger partial charge on any atom is 0.256 e. The molecule has 3 aromatic rings. The van der Waals surface area contributed by atoms with Crippen LogP contribution in [0, 0.1) is 0 Å². The van der Waals surface area contributed by atoms with E-state index < -0.39 is 0 Å². The summed E-state index contributed by atoms with van der Waals surface area (Å²) >= 11 is 3.34. The number of aromatic amines is 1. The molecule has 0 aliphatic rings. The summed E-state index contributed by atoms with van der Waals surface area (Å²) < 4.78 is 0.874. The molecule has 2 aromatic heterocycles. The number of nitrogens with one attached hydrogen (secondary N) is 2. The number of rotatable bonds is 2. The minimum atomic E-state index is -0.172. The first-order valence-corrected chi connectivity index (χ1v) is 6.52. The van der Waals surface area contributed by atoms with Gasteiger partial charge in [-0.1, -0.05) is 15.9 Å². The van der Waals surface area contributed by atoms with Gasteiger partial charge in [-0.3, -0.25) is 4.79 Å². The summed E-state index contributed by atoms with van der Waals surface area (Å²) in [6, 6.07) is 11.0. The van der Waals surface area contributed by atoms with Gasteiger partial charge in [0, 0.05) is 33.3 Å². The van der Waals surface area contributed by atoms with E-state index in [4.69, 9.17) is 0 Å². The Morgan fingerprint density at radius 3 is 2.95 bits per heavy atom. The number of anilines is 1. The number of halogens is 1. The van der Waals surface area contributed by atoms with Crippen molar-refractivity contribution in [2.24, 2.45) is 0 Å². The molecular formula is C14H10BrN3O. The lowest BCUT2D eigenvalue weighted by Crippen LogP contribution is -2.12. The number of amides is 1. The Bertz CT molecular complexity index is 751. The van der Waals surface area contributed by atoms with Gasteiger partial charge >= 0.3 is 0 Å². The summed E-state index contributed by atoms with van der Waals surface area (Å²) in [5.41, 5.74) is 1.62. The third kappa shape index (κ3) is 2.51. The molecule has 19 heavy (non-hydrogen) atoms. The van der Waals surface area contributed by atoms with Gasteiger partial charge in [-0.15, -0.1) is 0 Å². The topological polar surface area (TPSA) is 57.8 Å². The van der Waals surface area contributed by atoms with E-state index in [1.54, 1.807) is 18.3 Å². The van der Waals surface area contributed by atoms with Gasteiger partial charge in [0.2, 0.25) is 0 Å². The second-order valence-electron chi connectivity index (χ2n) is 4.09. The van der Waals surface area contributed by atoms with Crippen molar-refractivity contribution in [3.05, 3.63) is 58.8 Å². The van der Waals surface area contributed by atoms with Crippen LogP contribution in [0.5, 0.6) is 0 Å². The highest BCUT2D eigenvalue weighted by molar-refractivity contribution is 9.10. The number of fused-ring (bicyclic) bond motifs is 1. The van der Waals surface area contributed by atoms with E-state index in [1.807, 2.05) is 30.5 Å². The number of benzene rings is 1. The van der Waals surface area contributed by atoms with Crippen LogP contribution in [0.4, 0.5) is 5.82 Å². The third-order valence-electron chi connectivity index (χ3n) is 2.78. The maximum absolute atomic E-state index is 12.1. The molecule has 3 rings (SSSR count). The molecular weight excluding hydrogens is 306 g/mol. The van der Waals surface area contributed by atoms with Gasteiger partial charge < -0.3 is 10.3 Å². The van der Waals surface area contributed by atoms with E-state index in [2.05, 4.69) is 31.2 Å². The third-order valence-corrected chi connectivity index (χ3v) is 3.27. The van der Waals surface area contributed by atoms with Crippen molar-refractivity contribution in [1.29, 1.82) is 0 Å². The average molecular weight is 316 g/mol. The van der Waals surface area contributed by atoms with E-state index in [9.17, 15) is 4.79 Å². The van der Waals surface area contributed by atoms with Crippen LogP contribution in [0.1, 0.15) is 10.4 Å². The van der Waals surface area contributed by atoms with Gasteiger partial charge in [0.1, 0.15) is 5.82 Å². The molecule has 0 saturated carbocycles. The predicted octanol–water partition coefficient (Wildman–Crippen LogP) is 3.58. The number of H-pyrrole nitrogens is 1. The SMILES string of the molecule is O=C(Nc1cc(Br)ccn1)c1ccc2[nH]ccc2c1. The molecule has 1 aromatic carbocycles. The molecule has 0 bridgehead atoms. The molecule has 2 heterocycles. The lowest BCUT2D eigenvalue weighted by atomic mass is 10.1. The molecule has 0 spiro atoms.